The van der Waals surface area contributed by atoms with Gasteiger partial charge in [-0.1, -0.05) is 0 Å². The molecule has 0 radical (unpaired) electrons. The Bertz CT molecular complexity index is 909. The fourth-order valence-electron chi connectivity index (χ4n) is 2.98. The Morgan fingerprint density at radius 1 is 1.13 bits per heavy atom. The van der Waals surface area contributed by atoms with Gasteiger partial charge in [0.05, 0.1) is 17.0 Å². The third-order valence-corrected chi connectivity index (χ3v) is 4.43. The summed E-state index contributed by atoms with van der Waals surface area (Å²) in [5.74, 6) is 0.772. The summed E-state index contributed by atoms with van der Waals surface area (Å²) in [5, 5.41) is 2.92. The van der Waals surface area contributed by atoms with Crippen LogP contribution in [0.5, 0.6) is 0 Å². The molecule has 5 nitrogen and oxygen atoms in total. The number of carbonyl (C=O) groups is 1. The third kappa shape index (κ3) is 2.16. The number of H-pyrrole nitrogens is 1. The average molecular weight is 306 g/mol. The lowest BCUT2D eigenvalue weighted by Crippen LogP contribution is -2.08. The average Bonchev–Trinajstić information content (AvgIpc) is 3.07. The van der Waals surface area contributed by atoms with Crippen LogP contribution in [0.3, 0.4) is 0 Å². The number of nitrogens with one attached hydrogen (secondary N) is 2. The van der Waals surface area contributed by atoms with E-state index in [2.05, 4.69) is 44.5 Å². The highest BCUT2D eigenvalue weighted by molar-refractivity contribution is 6.05. The van der Waals surface area contributed by atoms with Crippen LogP contribution in [0.1, 0.15) is 18.4 Å². The molecule has 2 aromatic carbocycles. The molecule has 2 heterocycles. The van der Waals surface area contributed by atoms with Crippen molar-refractivity contribution in [1.29, 1.82) is 0 Å². The topological polar surface area (TPSA) is 61.0 Å². The molecule has 0 bridgehead atoms. The smallest absolute Gasteiger partial charge is 0.231 e. The van der Waals surface area contributed by atoms with E-state index < -0.39 is 0 Å². The highest BCUT2D eigenvalue weighted by atomic mass is 16.2. The number of fused-ring (bicyclic) bond motifs is 2. The summed E-state index contributed by atoms with van der Waals surface area (Å²) < 4.78 is 0. The second-order valence-corrected chi connectivity index (χ2v) is 6.19. The molecule has 1 unspecified atom stereocenters. The SMILES string of the molecule is CC1C(=O)Nc2cc3[nH]c(-c4ccc(N(C)C)cc4)nc3cc21. The zero-order valence-electron chi connectivity index (χ0n) is 13.3. The number of anilines is 2. The summed E-state index contributed by atoms with van der Waals surface area (Å²) in [4.78, 5) is 21.9. The Kier molecular flexibility index (Phi) is 2.91. The van der Waals surface area contributed by atoms with Crippen molar-refractivity contribution in [2.24, 2.45) is 0 Å². The lowest BCUT2D eigenvalue weighted by Gasteiger charge is -2.11. The second kappa shape index (κ2) is 4.84. The van der Waals surface area contributed by atoms with Crippen LogP contribution >= 0.6 is 0 Å². The molecule has 1 aliphatic rings. The maximum Gasteiger partial charge on any atom is 0.231 e. The van der Waals surface area contributed by atoms with E-state index >= 15 is 0 Å². The van der Waals surface area contributed by atoms with Crippen molar-refractivity contribution in [2.45, 2.75) is 12.8 Å². The lowest BCUT2D eigenvalue weighted by atomic mass is 10.0. The first-order chi connectivity index (χ1) is 11.0. The van der Waals surface area contributed by atoms with E-state index in [1.165, 1.54) is 0 Å². The summed E-state index contributed by atoms with van der Waals surface area (Å²) in [6.45, 7) is 1.92. The van der Waals surface area contributed by atoms with Gasteiger partial charge in [0, 0.05) is 31.0 Å². The molecular formula is C18H18N4O. The van der Waals surface area contributed by atoms with Crippen LogP contribution < -0.4 is 10.2 Å². The summed E-state index contributed by atoms with van der Waals surface area (Å²) in [7, 11) is 4.04. The maximum absolute atomic E-state index is 11.8. The first-order valence-corrected chi connectivity index (χ1v) is 7.65. The minimum atomic E-state index is -0.117. The largest absolute Gasteiger partial charge is 0.378 e. The first kappa shape index (κ1) is 13.8. The summed E-state index contributed by atoms with van der Waals surface area (Å²) in [6, 6.07) is 12.2. The minimum absolute atomic E-state index is 0.0483. The van der Waals surface area contributed by atoms with Crippen molar-refractivity contribution in [1.82, 2.24) is 9.97 Å². The molecule has 5 heteroatoms. The van der Waals surface area contributed by atoms with Crippen LogP contribution in [0.2, 0.25) is 0 Å². The minimum Gasteiger partial charge on any atom is -0.378 e. The molecule has 1 aliphatic heterocycles. The quantitative estimate of drug-likeness (QED) is 0.763. The van der Waals surface area contributed by atoms with Gasteiger partial charge >= 0.3 is 0 Å². The number of amides is 1. The highest BCUT2D eigenvalue weighted by Crippen LogP contribution is 2.35. The monoisotopic (exact) mass is 306 g/mol. The zero-order valence-corrected chi connectivity index (χ0v) is 13.3. The fraction of sp³-hybridized carbons (Fsp3) is 0.222. The second-order valence-electron chi connectivity index (χ2n) is 6.19. The van der Waals surface area contributed by atoms with Gasteiger partial charge in [0.25, 0.3) is 0 Å². The summed E-state index contributed by atoms with van der Waals surface area (Å²) in [5.41, 5.74) is 5.92. The van der Waals surface area contributed by atoms with E-state index in [1.807, 2.05) is 33.2 Å². The van der Waals surface area contributed by atoms with Crippen LogP contribution in [-0.4, -0.2) is 30.0 Å². The molecule has 4 rings (SSSR count). The number of nitrogens with zero attached hydrogens (tertiary/aromatic N) is 2. The van der Waals surface area contributed by atoms with Crippen LogP contribution in [0.15, 0.2) is 36.4 Å². The number of aromatic amines is 1. The van der Waals surface area contributed by atoms with Gasteiger partial charge in [0.15, 0.2) is 0 Å². The molecule has 0 fully saturated rings. The summed E-state index contributed by atoms with van der Waals surface area (Å²) in [6.07, 6.45) is 0. The Balaban J connectivity index is 1.77. The highest BCUT2D eigenvalue weighted by Gasteiger charge is 2.27. The molecule has 0 spiro atoms. The van der Waals surface area contributed by atoms with Crippen LogP contribution in [0.25, 0.3) is 22.4 Å². The molecule has 23 heavy (non-hydrogen) atoms. The molecule has 0 saturated carbocycles. The van der Waals surface area contributed by atoms with E-state index in [4.69, 9.17) is 0 Å². The Labute approximate surface area is 134 Å². The van der Waals surface area contributed by atoms with E-state index in [9.17, 15) is 4.79 Å². The van der Waals surface area contributed by atoms with Gasteiger partial charge in [0.1, 0.15) is 5.82 Å². The molecule has 0 saturated heterocycles. The van der Waals surface area contributed by atoms with Crippen molar-refractivity contribution in [3.8, 4) is 11.4 Å². The van der Waals surface area contributed by atoms with Gasteiger partial charge in [-0.3, -0.25) is 4.79 Å². The molecule has 0 aliphatic carbocycles. The fourth-order valence-corrected chi connectivity index (χ4v) is 2.98. The molecule has 1 atom stereocenters. The molecule has 116 valence electrons. The zero-order chi connectivity index (χ0) is 16.1. The molecule has 1 amide bonds. The van der Waals surface area contributed by atoms with E-state index in [1.54, 1.807) is 0 Å². The number of rotatable bonds is 2. The number of benzene rings is 2. The van der Waals surface area contributed by atoms with E-state index in [-0.39, 0.29) is 11.8 Å². The Morgan fingerprint density at radius 2 is 1.87 bits per heavy atom. The Hall–Kier alpha value is -2.82. The van der Waals surface area contributed by atoms with Crippen molar-refractivity contribution in [3.05, 3.63) is 42.0 Å². The van der Waals surface area contributed by atoms with Crippen molar-refractivity contribution in [2.75, 3.05) is 24.3 Å². The number of carbonyl (C=O) groups excluding carboxylic acids is 1. The normalized spacial score (nSPS) is 16.5. The van der Waals surface area contributed by atoms with Gasteiger partial charge in [-0.2, -0.15) is 0 Å². The third-order valence-electron chi connectivity index (χ3n) is 4.43. The maximum atomic E-state index is 11.8. The molecule has 1 aromatic heterocycles. The van der Waals surface area contributed by atoms with Gasteiger partial charge in [-0.05, 0) is 48.9 Å². The molecule has 2 N–H and O–H groups in total. The van der Waals surface area contributed by atoms with Gasteiger partial charge in [0.2, 0.25) is 5.91 Å². The molecular weight excluding hydrogens is 288 g/mol. The number of hydrogen-bond donors (Lipinski definition) is 2. The van der Waals surface area contributed by atoms with Crippen molar-refractivity contribution < 1.29 is 4.79 Å². The van der Waals surface area contributed by atoms with E-state index in [0.717, 1.165) is 39.4 Å². The summed E-state index contributed by atoms with van der Waals surface area (Å²) >= 11 is 0. The number of imidazole rings is 1. The predicted molar refractivity (Wildman–Crippen MR) is 92.9 cm³/mol. The standard InChI is InChI=1S/C18H18N4O/c1-10-13-8-15-16(9-14(13)21-18(10)23)20-17(19-15)11-4-6-12(7-5-11)22(2)3/h4-10H,1-3H3,(H,19,20)(H,21,23). The number of aromatic nitrogens is 2. The van der Waals surface area contributed by atoms with Gasteiger partial charge < -0.3 is 15.2 Å². The van der Waals surface area contributed by atoms with Crippen LogP contribution in [-0.2, 0) is 4.79 Å². The van der Waals surface area contributed by atoms with Crippen molar-refractivity contribution in [3.63, 3.8) is 0 Å². The van der Waals surface area contributed by atoms with Crippen LogP contribution in [0, 0.1) is 0 Å². The van der Waals surface area contributed by atoms with Gasteiger partial charge in [-0.15, -0.1) is 0 Å². The predicted octanol–water partition coefficient (Wildman–Crippen LogP) is 3.35. The Morgan fingerprint density at radius 3 is 2.57 bits per heavy atom. The van der Waals surface area contributed by atoms with Crippen LogP contribution in [0.4, 0.5) is 11.4 Å². The first-order valence-electron chi connectivity index (χ1n) is 7.65. The van der Waals surface area contributed by atoms with E-state index in [0.29, 0.717) is 0 Å². The molecule has 3 aromatic rings. The lowest BCUT2D eigenvalue weighted by molar-refractivity contribution is -0.116. The van der Waals surface area contributed by atoms with Crippen molar-refractivity contribution >= 4 is 28.3 Å². The number of hydrogen-bond acceptors (Lipinski definition) is 3. The van der Waals surface area contributed by atoms with Gasteiger partial charge in [-0.25, -0.2) is 4.98 Å².